The van der Waals surface area contributed by atoms with Crippen LogP contribution < -0.4 is 5.32 Å². The summed E-state index contributed by atoms with van der Waals surface area (Å²) in [7, 11) is -0.522. The fourth-order valence-electron chi connectivity index (χ4n) is 2.57. The third-order valence-electron chi connectivity index (χ3n) is 3.65. The quantitative estimate of drug-likeness (QED) is 0.766. The zero-order valence-electron chi connectivity index (χ0n) is 10.0. The molecular weight excluding hydrogens is 218 g/mol. The van der Waals surface area contributed by atoms with Crippen LogP contribution in [0.25, 0.3) is 0 Å². The number of hydrogen-bond donors (Lipinski definition) is 1. The largest absolute Gasteiger partial charge is 0.314 e. The van der Waals surface area contributed by atoms with Gasteiger partial charge in [0.05, 0.1) is 0 Å². The van der Waals surface area contributed by atoms with Gasteiger partial charge in [-0.3, -0.25) is 4.21 Å². The standard InChI is InChI=1S/C13H23NOS/c15-16-10-7-13(8-11-16)14-9-6-12-4-2-1-3-5-12/h4,13-14H,1-3,5-11H2. The van der Waals surface area contributed by atoms with Crippen LogP contribution in [0.15, 0.2) is 11.6 Å². The number of hydrogen-bond acceptors (Lipinski definition) is 2. The normalized spacial score (nSPS) is 31.1. The zero-order valence-corrected chi connectivity index (χ0v) is 10.9. The van der Waals surface area contributed by atoms with E-state index in [4.69, 9.17) is 0 Å². The molecule has 2 aliphatic rings. The van der Waals surface area contributed by atoms with Crippen molar-refractivity contribution < 1.29 is 4.21 Å². The first kappa shape index (κ1) is 12.3. The first-order valence-electron chi connectivity index (χ1n) is 6.61. The van der Waals surface area contributed by atoms with Gasteiger partial charge in [0, 0.05) is 28.3 Å². The summed E-state index contributed by atoms with van der Waals surface area (Å²) in [6, 6.07) is 0.627. The van der Waals surface area contributed by atoms with Gasteiger partial charge in [-0.25, -0.2) is 0 Å². The van der Waals surface area contributed by atoms with E-state index < -0.39 is 10.8 Å². The van der Waals surface area contributed by atoms with Crippen molar-refractivity contribution in [3.63, 3.8) is 0 Å². The molecule has 0 bridgehead atoms. The highest BCUT2D eigenvalue weighted by atomic mass is 32.2. The average molecular weight is 241 g/mol. The van der Waals surface area contributed by atoms with E-state index in [2.05, 4.69) is 11.4 Å². The fourth-order valence-corrected chi connectivity index (χ4v) is 3.87. The second-order valence-corrected chi connectivity index (χ2v) is 6.63. The van der Waals surface area contributed by atoms with Crippen LogP contribution in [0.5, 0.6) is 0 Å². The molecule has 1 fully saturated rings. The Balaban J connectivity index is 1.60. The molecule has 0 saturated carbocycles. The van der Waals surface area contributed by atoms with Crippen LogP contribution in [0, 0.1) is 0 Å². The van der Waals surface area contributed by atoms with Crippen LogP contribution in [0.1, 0.15) is 44.9 Å². The molecule has 2 nitrogen and oxygen atoms in total. The summed E-state index contributed by atoms with van der Waals surface area (Å²) >= 11 is 0. The predicted molar refractivity (Wildman–Crippen MR) is 70.1 cm³/mol. The second-order valence-electron chi connectivity index (χ2n) is 4.93. The van der Waals surface area contributed by atoms with E-state index in [9.17, 15) is 4.21 Å². The molecule has 1 N–H and O–H groups in total. The lowest BCUT2D eigenvalue weighted by atomic mass is 9.97. The van der Waals surface area contributed by atoms with E-state index in [1.165, 1.54) is 32.1 Å². The van der Waals surface area contributed by atoms with Gasteiger partial charge in [-0.2, -0.15) is 0 Å². The summed E-state index contributed by atoms with van der Waals surface area (Å²) in [5, 5.41) is 3.61. The lowest BCUT2D eigenvalue weighted by Gasteiger charge is -2.23. The molecular formula is C13H23NOS. The summed E-state index contributed by atoms with van der Waals surface area (Å²) in [5.41, 5.74) is 1.65. The van der Waals surface area contributed by atoms with Crippen LogP contribution in [-0.2, 0) is 10.8 Å². The summed E-state index contributed by atoms with van der Waals surface area (Å²) in [4.78, 5) is 0. The van der Waals surface area contributed by atoms with Gasteiger partial charge in [-0.05, 0) is 51.5 Å². The summed E-state index contributed by atoms with van der Waals surface area (Å²) < 4.78 is 11.2. The number of nitrogens with one attached hydrogen (secondary N) is 1. The van der Waals surface area contributed by atoms with Gasteiger partial charge in [0.15, 0.2) is 0 Å². The van der Waals surface area contributed by atoms with Crippen LogP contribution >= 0.6 is 0 Å². The van der Waals surface area contributed by atoms with Crippen LogP contribution in [-0.4, -0.2) is 28.3 Å². The summed E-state index contributed by atoms with van der Waals surface area (Å²) in [5.74, 6) is 1.81. The van der Waals surface area contributed by atoms with Gasteiger partial charge < -0.3 is 5.32 Å². The molecule has 1 heterocycles. The van der Waals surface area contributed by atoms with E-state index in [-0.39, 0.29) is 0 Å². The van der Waals surface area contributed by atoms with Gasteiger partial charge in [-0.15, -0.1) is 0 Å². The SMILES string of the molecule is O=S1CCC(NCCC2=CCCCC2)CC1. The Morgan fingerprint density at radius 3 is 2.81 bits per heavy atom. The molecule has 2 rings (SSSR count). The maximum absolute atomic E-state index is 11.2. The zero-order chi connectivity index (χ0) is 11.2. The summed E-state index contributed by atoms with van der Waals surface area (Å²) in [6.45, 7) is 1.11. The third kappa shape index (κ3) is 4.02. The predicted octanol–water partition coefficient (Wildman–Crippen LogP) is 2.38. The first-order valence-corrected chi connectivity index (χ1v) is 8.09. The molecule has 1 aliphatic heterocycles. The third-order valence-corrected chi connectivity index (χ3v) is 5.03. The lowest BCUT2D eigenvalue weighted by molar-refractivity contribution is 0.475. The van der Waals surface area contributed by atoms with Crippen molar-refractivity contribution in [1.82, 2.24) is 5.32 Å². The Kier molecular flexibility index (Phi) is 5.04. The van der Waals surface area contributed by atoms with Crippen molar-refractivity contribution in [2.75, 3.05) is 18.1 Å². The highest BCUT2D eigenvalue weighted by molar-refractivity contribution is 7.85. The van der Waals surface area contributed by atoms with Gasteiger partial charge in [0.2, 0.25) is 0 Å². The average Bonchev–Trinajstić information content (AvgIpc) is 2.33. The van der Waals surface area contributed by atoms with Crippen molar-refractivity contribution in [3.05, 3.63) is 11.6 Å². The highest BCUT2D eigenvalue weighted by Gasteiger charge is 2.16. The maximum atomic E-state index is 11.2. The minimum absolute atomic E-state index is 0.522. The van der Waals surface area contributed by atoms with Gasteiger partial charge in [-0.1, -0.05) is 11.6 Å². The number of rotatable bonds is 4. The number of allylic oxidation sites excluding steroid dienone is 1. The Morgan fingerprint density at radius 1 is 1.31 bits per heavy atom. The Labute approximate surface area is 101 Å². The molecule has 1 saturated heterocycles. The van der Waals surface area contributed by atoms with Crippen LogP contribution in [0.2, 0.25) is 0 Å². The highest BCUT2D eigenvalue weighted by Crippen LogP contribution is 2.19. The molecule has 3 heteroatoms. The van der Waals surface area contributed by atoms with E-state index in [1.54, 1.807) is 5.57 Å². The van der Waals surface area contributed by atoms with E-state index in [0.29, 0.717) is 6.04 Å². The molecule has 0 amide bonds. The van der Waals surface area contributed by atoms with Crippen molar-refractivity contribution in [3.8, 4) is 0 Å². The molecule has 0 unspecified atom stereocenters. The smallest absolute Gasteiger partial charge is 0.0249 e. The molecule has 0 spiro atoms. The molecule has 0 radical (unpaired) electrons. The molecule has 16 heavy (non-hydrogen) atoms. The molecule has 0 atom stereocenters. The van der Waals surface area contributed by atoms with Gasteiger partial charge >= 0.3 is 0 Å². The van der Waals surface area contributed by atoms with Crippen LogP contribution in [0.3, 0.4) is 0 Å². The molecule has 0 aromatic carbocycles. The molecule has 0 aromatic rings. The van der Waals surface area contributed by atoms with E-state index in [1.807, 2.05) is 0 Å². The van der Waals surface area contributed by atoms with E-state index in [0.717, 1.165) is 30.9 Å². The Morgan fingerprint density at radius 2 is 2.12 bits per heavy atom. The fraction of sp³-hybridized carbons (Fsp3) is 0.846. The van der Waals surface area contributed by atoms with Crippen molar-refractivity contribution in [2.24, 2.45) is 0 Å². The molecule has 1 aliphatic carbocycles. The maximum Gasteiger partial charge on any atom is 0.0249 e. The Hall–Kier alpha value is -0.150. The first-order chi connectivity index (χ1) is 7.84. The minimum Gasteiger partial charge on any atom is -0.314 e. The van der Waals surface area contributed by atoms with Crippen molar-refractivity contribution in [2.45, 2.75) is 51.0 Å². The molecule has 92 valence electrons. The second kappa shape index (κ2) is 6.55. The summed E-state index contributed by atoms with van der Waals surface area (Å²) in [6.07, 6.45) is 11.2. The molecule has 0 aromatic heterocycles. The van der Waals surface area contributed by atoms with Gasteiger partial charge in [0.25, 0.3) is 0 Å². The Bertz CT molecular complexity index is 265. The van der Waals surface area contributed by atoms with Crippen molar-refractivity contribution in [1.29, 1.82) is 0 Å². The lowest BCUT2D eigenvalue weighted by Crippen LogP contribution is -2.36. The van der Waals surface area contributed by atoms with E-state index >= 15 is 0 Å². The van der Waals surface area contributed by atoms with Crippen LogP contribution in [0.4, 0.5) is 0 Å². The van der Waals surface area contributed by atoms with Crippen molar-refractivity contribution >= 4 is 10.8 Å². The minimum atomic E-state index is -0.522. The topological polar surface area (TPSA) is 29.1 Å². The van der Waals surface area contributed by atoms with Gasteiger partial charge in [0.1, 0.15) is 0 Å². The monoisotopic (exact) mass is 241 g/mol.